The molecule has 0 aliphatic carbocycles. The van der Waals surface area contributed by atoms with E-state index in [9.17, 15) is 9.59 Å². The van der Waals surface area contributed by atoms with Crippen LogP contribution in [-0.2, 0) is 9.59 Å². The van der Waals surface area contributed by atoms with Crippen molar-refractivity contribution in [3.8, 4) is 0 Å². The molecule has 7 heteroatoms. The predicted octanol–water partition coefficient (Wildman–Crippen LogP) is 6.07. The lowest BCUT2D eigenvalue weighted by atomic mass is 10.1. The Morgan fingerprint density at radius 1 is 0.923 bits per heavy atom. The molecular formula is C19H14Cl3NO2S. The minimum absolute atomic E-state index is 0.124. The molecule has 26 heavy (non-hydrogen) atoms. The van der Waals surface area contributed by atoms with Gasteiger partial charge in [-0.05, 0) is 29.8 Å². The van der Waals surface area contributed by atoms with Gasteiger partial charge in [0.25, 0.3) is 11.8 Å². The minimum Gasteiger partial charge on any atom is -0.268 e. The van der Waals surface area contributed by atoms with Gasteiger partial charge in [0.05, 0.1) is 26.2 Å². The van der Waals surface area contributed by atoms with Crippen LogP contribution in [0, 0.1) is 0 Å². The summed E-state index contributed by atoms with van der Waals surface area (Å²) in [5.74, 6) is -0.826. The average Bonchev–Trinajstić information content (AvgIpc) is 2.82. The van der Waals surface area contributed by atoms with Crippen LogP contribution in [0.4, 0.5) is 5.69 Å². The van der Waals surface area contributed by atoms with E-state index in [4.69, 9.17) is 34.8 Å². The number of halogens is 3. The Morgan fingerprint density at radius 3 is 2.19 bits per heavy atom. The van der Waals surface area contributed by atoms with Crippen LogP contribution in [0.1, 0.15) is 19.4 Å². The first kappa shape index (κ1) is 19.3. The van der Waals surface area contributed by atoms with Crippen LogP contribution in [0.3, 0.4) is 0 Å². The summed E-state index contributed by atoms with van der Waals surface area (Å²) in [6.07, 6.45) is 0. The molecule has 0 unspecified atom stereocenters. The molecule has 0 aromatic heterocycles. The highest BCUT2D eigenvalue weighted by atomic mass is 35.5. The molecule has 1 aliphatic heterocycles. The molecule has 2 aromatic rings. The SMILES string of the molecule is CC(C)SC1=C(c2ccc(Cl)cc2)C(=O)N(c2cccc(Cl)c2Cl)C1=O. The maximum atomic E-state index is 13.2. The summed E-state index contributed by atoms with van der Waals surface area (Å²) in [4.78, 5) is 27.7. The highest BCUT2D eigenvalue weighted by molar-refractivity contribution is 8.04. The van der Waals surface area contributed by atoms with E-state index in [1.54, 1.807) is 42.5 Å². The third-order valence-electron chi connectivity index (χ3n) is 3.70. The lowest BCUT2D eigenvalue weighted by Crippen LogP contribution is -2.31. The van der Waals surface area contributed by atoms with Gasteiger partial charge in [-0.1, -0.05) is 66.8 Å². The van der Waals surface area contributed by atoms with E-state index in [1.165, 1.54) is 11.8 Å². The van der Waals surface area contributed by atoms with Gasteiger partial charge in [-0.3, -0.25) is 9.59 Å². The summed E-state index contributed by atoms with van der Waals surface area (Å²) >= 11 is 19.6. The van der Waals surface area contributed by atoms with Crippen molar-refractivity contribution in [2.24, 2.45) is 0 Å². The van der Waals surface area contributed by atoms with Crippen molar-refractivity contribution in [3.63, 3.8) is 0 Å². The van der Waals surface area contributed by atoms with E-state index in [0.29, 0.717) is 21.1 Å². The Kier molecular flexibility index (Phi) is 5.68. The first-order chi connectivity index (χ1) is 12.3. The topological polar surface area (TPSA) is 37.4 Å². The number of amides is 2. The number of hydrogen-bond acceptors (Lipinski definition) is 3. The minimum atomic E-state index is -0.426. The number of rotatable bonds is 4. The fraction of sp³-hybridized carbons (Fsp3) is 0.158. The zero-order valence-corrected chi connectivity index (χ0v) is 17.0. The van der Waals surface area contributed by atoms with Crippen LogP contribution >= 0.6 is 46.6 Å². The number of benzene rings is 2. The van der Waals surface area contributed by atoms with Crippen molar-refractivity contribution >= 4 is 69.6 Å². The number of hydrogen-bond donors (Lipinski definition) is 0. The molecule has 0 saturated carbocycles. The van der Waals surface area contributed by atoms with Gasteiger partial charge in [-0.25, -0.2) is 4.90 Å². The Morgan fingerprint density at radius 2 is 1.58 bits per heavy atom. The van der Waals surface area contributed by atoms with Gasteiger partial charge >= 0.3 is 0 Å². The molecule has 134 valence electrons. The van der Waals surface area contributed by atoms with Crippen LogP contribution in [0.15, 0.2) is 47.4 Å². The van der Waals surface area contributed by atoms with Gasteiger partial charge in [0.1, 0.15) is 0 Å². The molecule has 0 bridgehead atoms. The van der Waals surface area contributed by atoms with Crippen molar-refractivity contribution in [1.29, 1.82) is 0 Å². The second-order valence-electron chi connectivity index (χ2n) is 5.90. The second-order valence-corrected chi connectivity index (χ2v) is 8.70. The summed E-state index contributed by atoms with van der Waals surface area (Å²) in [7, 11) is 0. The highest BCUT2D eigenvalue weighted by Gasteiger charge is 2.41. The van der Waals surface area contributed by atoms with Crippen molar-refractivity contribution in [1.82, 2.24) is 0 Å². The number of anilines is 1. The first-order valence-electron chi connectivity index (χ1n) is 7.81. The summed E-state index contributed by atoms with van der Waals surface area (Å²) in [6.45, 7) is 3.92. The zero-order chi connectivity index (χ0) is 19.0. The van der Waals surface area contributed by atoms with E-state index >= 15 is 0 Å². The van der Waals surface area contributed by atoms with E-state index in [0.717, 1.165) is 4.90 Å². The molecule has 3 rings (SSSR count). The Hall–Kier alpha value is -1.46. The molecule has 1 aliphatic rings. The third kappa shape index (κ3) is 3.52. The van der Waals surface area contributed by atoms with Gasteiger partial charge in [0.15, 0.2) is 0 Å². The molecule has 0 N–H and O–H groups in total. The standard InChI is InChI=1S/C19H14Cl3NO2S/c1-10(2)26-17-15(11-6-8-12(20)9-7-11)18(24)23(19(17)25)14-5-3-4-13(21)16(14)22/h3-10H,1-2H3. The molecule has 3 nitrogen and oxygen atoms in total. The third-order valence-corrected chi connectivity index (χ3v) is 5.85. The number of nitrogens with zero attached hydrogens (tertiary/aromatic N) is 1. The molecular weight excluding hydrogens is 413 g/mol. The van der Waals surface area contributed by atoms with Gasteiger partial charge in [-0.2, -0.15) is 0 Å². The number of thioether (sulfide) groups is 1. The van der Waals surface area contributed by atoms with Crippen molar-refractivity contribution in [2.75, 3.05) is 4.90 Å². The van der Waals surface area contributed by atoms with Gasteiger partial charge in [-0.15, -0.1) is 11.8 Å². The monoisotopic (exact) mass is 425 g/mol. The Labute approximate surface area is 170 Å². The predicted molar refractivity (Wildman–Crippen MR) is 110 cm³/mol. The largest absolute Gasteiger partial charge is 0.272 e. The Bertz CT molecular complexity index is 923. The van der Waals surface area contributed by atoms with E-state index in [1.807, 2.05) is 13.8 Å². The molecule has 0 saturated heterocycles. The van der Waals surface area contributed by atoms with Gasteiger partial charge in [0, 0.05) is 10.3 Å². The maximum Gasteiger partial charge on any atom is 0.272 e. The summed E-state index contributed by atoms with van der Waals surface area (Å²) < 4.78 is 0. The smallest absolute Gasteiger partial charge is 0.268 e. The molecule has 2 aromatic carbocycles. The van der Waals surface area contributed by atoms with Gasteiger partial charge < -0.3 is 0 Å². The number of carbonyl (C=O) groups is 2. The van der Waals surface area contributed by atoms with Gasteiger partial charge in [0.2, 0.25) is 0 Å². The first-order valence-corrected chi connectivity index (χ1v) is 9.82. The van der Waals surface area contributed by atoms with Crippen LogP contribution < -0.4 is 4.90 Å². The van der Waals surface area contributed by atoms with Crippen LogP contribution in [-0.4, -0.2) is 17.1 Å². The zero-order valence-electron chi connectivity index (χ0n) is 13.9. The van der Waals surface area contributed by atoms with Crippen molar-refractivity contribution < 1.29 is 9.59 Å². The average molecular weight is 427 g/mol. The quantitative estimate of drug-likeness (QED) is 0.557. The summed E-state index contributed by atoms with van der Waals surface area (Å²) in [5, 5.41) is 1.13. The Balaban J connectivity index is 2.14. The lowest BCUT2D eigenvalue weighted by Gasteiger charge is -2.17. The fourth-order valence-electron chi connectivity index (χ4n) is 2.61. The molecule has 0 spiro atoms. The lowest BCUT2D eigenvalue weighted by molar-refractivity contribution is -0.119. The number of imide groups is 1. The van der Waals surface area contributed by atoms with Crippen LogP contribution in [0.2, 0.25) is 15.1 Å². The highest BCUT2D eigenvalue weighted by Crippen LogP contribution is 2.43. The maximum absolute atomic E-state index is 13.2. The molecule has 1 heterocycles. The molecule has 0 radical (unpaired) electrons. The second kappa shape index (κ2) is 7.65. The van der Waals surface area contributed by atoms with E-state index < -0.39 is 11.8 Å². The van der Waals surface area contributed by atoms with E-state index in [2.05, 4.69) is 0 Å². The van der Waals surface area contributed by atoms with Crippen LogP contribution in [0.25, 0.3) is 5.57 Å². The summed E-state index contributed by atoms with van der Waals surface area (Å²) in [5.41, 5.74) is 1.26. The van der Waals surface area contributed by atoms with Crippen molar-refractivity contribution in [2.45, 2.75) is 19.1 Å². The van der Waals surface area contributed by atoms with E-state index in [-0.39, 0.29) is 21.0 Å². The van der Waals surface area contributed by atoms with Crippen LogP contribution in [0.5, 0.6) is 0 Å². The summed E-state index contributed by atoms with van der Waals surface area (Å²) in [6, 6.07) is 11.7. The van der Waals surface area contributed by atoms with Crippen molar-refractivity contribution in [3.05, 3.63) is 68.0 Å². The number of carbonyl (C=O) groups excluding carboxylic acids is 2. The fourth-order valence-corrected chi connectivity index (χ4v) is 4.10. The normalized spacial score (nSPS) is 14.8. The molecule has 0 fully saturated rings. The molecule has 0 atom stereocenters. The molecule has 2 amide bonds.